The van der Waals surface area contributed by atoms with Crippen molar-refractivity contribution in [3.8, 4) is 0 Å². The largest absolute Gasteiger partial charge is 0.471 e. The van der Waals surface area contributed by atoms with Crippen molar-refractivity contribution in [2.75, 3.05) is 0 Å². The highest BCUT2D eigenvalue weighted by Gasteiger charge is 2.70. The van der Waals surface area contributed by atoms with Gasteiger partial charge in [0.2, 0.25) is 0 Å². The van der Waals surface area contributed by atoms with Gasteiger partial charge in [-0.1, -0.05) is 46.5 Å². The number of fused-ring (bicyclic) bond motifs is 2. The molecule has 0 aliphatic heterocycles. The Morgan fingerprint density at radius 1 is 1.24 bits per heavy atom. The Labute approximate surface area is 152 Å². The molecule has 3 rings (SSSR count). The fraction of sp³-hybridized carbons (Fsp3) is 0.667. The first-order valence-corrected chi connectivity index (χ1v) is 12.8. The van der Waals surface area contributed by atoms with Gasteiger partial charge in [-0.05, 0) is 36.8 Å². The van der Waals surface area contributed by atoms with Crippen LogP contribution in [-0.2, 0) is 4.79 Å². The minimum Gasteiger partial charge on any atom is -0.471 e. The highest BCUT2D eigenvalue weighted by Crippen LogP contribution is 2.68. The van der Waals surface area contributed by atoms with Crippen LogP contribution >= 0.6 is 0 Å². The molecule has 5 atom stereocenters. The Hall–Kier alpha value is -1.13. The lowest BCUT2D eigenvalue weighted by atomic mass is 9.55. The van der Waals surface area contributed by atoms with Crippen LogP contribution in [0.5, 0.6) is 0 Å². The summed E-state index contributed by atoms with van der Waals surface area (Å²) in [7, 11) is -1.57. The van der Waals surface area contributed by atoms with Crippen LogP contribution < -0.4 is 5.38 Å². The van der Waals surface area contributed by atoms with Crippen molar-refractivity contribution in [2.24, 2.45) is 22.7 Å². The van der Waals surface area contributed by atoms with Gasteiger partial charge in [-0.25, -0.2) is 0 Å². The van der Waals surface area contributed by atoms with Crippen molar-refractivity contribution >= 4 is 19.2 Å². The molecule has 138 valence electrons. The molecular formula is C21H32O3Si. The van der Waals surface area contributed by atoms with Crippen molar-refractivity contribution in [1.29, 1.82) is 0 Å². The van der Waals surface area contributed by atoms with Crippen LogP contribution in [0.3, 0.4) is 0 Å². The van der Waals surface area contributed by atoms with Crippen LogP contribution in [0.1, 0.15) is 45.8 Å². The summed E-state index contributed by atoms with van der Waals surface area (Å²) in [5.41, 5.74) is -1.87. The molecule has 2 saturated carbocycles. The van der Waals surface area contributed by atoms with Crippen molar-refractivity contribution in [2.45, 2.75) is 65.3 Å². The molecule has 2 bridgehead atoms. The highest BCUT2D eigenvalue weighted by molar-refractivity contribution is 6.87. The van der Waals surface area contributed by atoms with Crippen LogP contribution in [0, 0.1) is 22.7 Å². The Morgan fingerprint density at radius 2 is 1.84 bits per heavy atom. The number of Topliss-reactive ketones (excluding diaryl/α,β-unsaturated/α-hetero) is 1. The summed E-state index contributed by atoms with van der Waals surface area (Å²) in [4.78, 5) is 13.1. The quantitative estimate of drug-likeness (QED) is 0.652. The average Bonchev–Trinajstić information content (AvgIpc) is 2.98. The molecule has 2 aliphatic rings. The molecule has 0 aromatic carbocycles. The van der Waals surface area contributed by atoms with Gasteiger partial charge in [-0.2, -0.15) is 0 Å². The van der Waals surface area contributed by atoms with Gasteiger partial charge in [0.1, 0.15) is 19.6 Å². The number of rotatable bonds is 3. The lowest BCUT2D eigenvalue weighted by molar-refractivity contribution is -0.143. The molecule has 2 aliphatic carbocycles. The maximum absolute atomic E-state index is 13.1. The van der Waals surface area contributed by atoms with E-state index >= 15 is 0 Å². The second-order valence-corrected chi connectivity index (χ2v) is 15.2. The number of ketones is 1. The molecule has 25 heavy (non-hydrogen) atoms. The monoisotopic (exact) mass is 360 g/mol. The molecule has 0 amide bonds. The smallest absolute Gasteiger partial charge is 0.145 e. The number of allylic oxidation sites excluding steroid dienone is 1. The summed E-state index contributed by atoms with van der Waals surface area (Å²) in [6.07, 6.45) is 2.61. The third kappa shape index (κ3) is 2.37. The molecule has 4 heteroatoms. The summed E-state index contributed by atoms with van der Waals surface area (Å²) >= 11 is 0. The van der Waals surface area contributed by atoms with Gasteiger partial charge in [0.05, 0.1) is 16.9 Å². The molecular weight excluding hydrogens is 328 g/mol. The number of aliphatic hydroxyl groups is 1. The van der Waals surface area contributed by atoms with E-state index in [0.717, 1.165) is 11.1 Å². The summed E-state index contributed by atoms with van der Waals surface area (Å²) in [6, 6.07) is 4.09. The van der Waals surface area contributed by atoms with Gasteiger partial charge in [-0.3, -0.25) is 4.79 Å². The molecule has 0 spiro atoms. The molecule has 1 N–H and O–H groups in total. The lowest BCUT2D eigenvalue weighted by Gasteiger charge is -2.47. The Morgan fingerprint density at radius 3 is 2.32 bits per heavy atom. The minimum atomic E-state index is -1.57. The van der Waals surface area contributed by atoms with Gasteiger partial charge in [-0.15, -0.1) is 6.58 Å². The lowest BCUT2D eigenvalue weighted by Crippen LogP contribution is -2.48. The summed E-state index contributed by atoms with van der Waals surface area (Å²) < 4.78 is 6.29. The van der Waals surface area contributed by atoms with E-state index in [1.165, 1.54) is 0 Å². The summed E-state index contributed by atoms with van der Waals surface area (Å²) in [6.45, 7) is 18.8. The second kappa shape index (κ2) is 5.20. The zero-order chi connectivity index (χ0) is 19.0. The van der Waals surface area contributed by atoms with Crippen LogP contribution in [-0.4, -0.2) is 24.6 Å². The minimum absolute atomic E-state index is 0.00292. The Kier molecular flexibility index (Phi) is 3.88. The van der Waals surface area contributed by atoms with E-state index in [2.05, 4.69) is 39.2 Å². The third-order valence-corrected chi connectivity index (χ3v) is 8.67. The maximum atomic E-state index is 13.1. The number of hydrogen-bond donors (Lipinski definition) is 1. The van der Waals surface area contributed by atoms with Crippen LogP contribution in [0.2, 0.25) is 19.6 Å². The van der Waals surface area contributed by atoms with Crippen molar-refractivity contribution < 1.29 is 14.3 Å². The molecule has 2 fully saturated rings. The summed E-state index contributed by atoms with van der Waals surface area (Å²) in [5, 5.41) is 12.5. The van der Waals surface area contributed by atoms with Crippen molar-refractivity contribution in [3.05, 3.63) is 30.5 Å². The van der Waals surface area contributed by atoms with Gasteiger partial charge in [0.25, 0.3) is 0 Å². The van der Waals surface area contributed by atoms with E-state index < -0.39 is 19.1 Å². The molecule has 0 radical (unpaired) electrons. The standard InChI is InChI=1S/C21H32O3Si/c1-9-15-19(2,3)18(22)13-12-20(15,4)17(21(13,5)23)14-10-11-16(24-14)25(6,7)8/h9-11,13,15,17,23H,1,12H2,2-8H3/t13?,15?,17?,20-,21-/m1/s1. The molecule has 3 unspecified atom stereocenters. The van der Waals surface area contributed by atoms with Crippen LogP contribution in [0.15, 0.2) is 29.2 Å². The van der Waals surface area contributed by atoms with E-state index in [1.54, 1.807) is 0 Å². The number of furan rings is 1. The van der Waals surface area contributed by atoms with E-state index in [1.807, 2.05) is 32.9 Å². The number of carbonyl (C=O) groups is 1. The SMILES string of the molecule is C=CC1C(C)(C)C(=O)C2C[C@@]1(C)C(c1ccc([Si](C)(C)C)o1)[C@]2(C)O. The van der Waals surface area contributed by atoms with E-state index in [0.29, 0.717) is 6.42 Å². The zero-order valence-corrected chi connectivity index (χ0v) is 17.6. The summed E-state index contributed by atoms with van der Waals surface area (Å²) in [5.74, 6) is 0.422. The predicted molar refractivity (Wildman–Crippen MR) is 104 cm³/mol. The highest BCUT2D eigenvalue weighted by atomic mass is 28.3. The number of hydrogen-bond acceptors (Lipinski definition) is 3. The predicted octanol–water partition coefficient (Wildman–Crippen LogP) is 4.10. The normalized spacial score (nSPS) is 40.3. The van der Waals surface area contributed by atoms with Gasteiger partial charge in [0, 0.05) is 11.3 Å². The van der Waals surface area contributed by atoms with Crippen molar-refractivity contribution in [3.63, 3.8) is 0 Å². The Bertz CT molecular complexity index is 722. The molecule has 1 heterocycles. The molecule has 3 nitrogen and oxygen atoms in total. The molecule has 1 aromatic heterocycles. The van der Waals surface area contributed by atoms with Gasteiger partial charge < -0.3 is 9.52 Å². The topological polar surface area (TPSA) is 50.4 Å². The fourth-order valence-corrected chi connectivity index (χ4v) is 6.82. The van der Waals surface area contributed by atoms with Crippen LogP contribution in [0.25, 0.3) is 0 Å². The van der Waals surface area contributed by atoms with E-state index in [9.17, 15) is 9.90 Å². The first kappa shape index (κ1) is 18.7. The Balaban J connectivity index is 2.18. The van der Waals surface area contributed by atoms with Crippen LogP contribution in [0.4, 0.5) is 0 Å². The second-order valence-electron chi connectivity index (χ2n) is 10.2. The fourth-order valence-electron chi connectivity index (χ4n) is 5.81. The van der Waals surface area contributed by atoms with E-state index in [4.69, 9.17) is 4.42 Å². The van der Waals surface area contributed by atoms with Gasteiger partial charge >= 0.3 is 0 Å². The molecule has 0 saturated heterocycles. The van der Waals surface area contributed by atoms with Gasteiger partial charge in [0.15, 0.2) is 0 Å². The van der Waals surface area contributed by atoms with E-state index in [-0.39, 0.29) is 29.0 Å². The first-order chi connectivity index (χ1) is 11.3. The maximum Gasteiger partial charge on any atom is 0.145 e. The first-order valence-electron chi connectivity index (χ1n) is 9.27. The third-order valence-electron chi connectivity index (χ3n) is 6.92. The number of carbonyl (C=O) groups excluding carboxylic acids is 1. The van der Waals surface area contributed by atoms with Crippen molar-refractivity contribution in [1.82, 2.24) is 0 Å². The molecule has 1 aromatic rings. The average molecular weight is 361 g/mol. The zero-order valence-electron chi connectivity index (χ0n) is 16.6.